The van der Waals surface area contributed by atoms with Gasteiger partial charge in [0.05, 0.1) is 29.5 Å². The summed E-state index contributed by atoms with van der Waals surface area (Å²) in [5.74, 6) is -0.365. The Morgan fingerprint density at radius 2 is 1.82 bits per heavy atom. The van der Waals surface area contributed by atoms with Crippen molar-refractivity contribution in [2.75, 3.05) is 49.6 Å². The van der Waals surface area contributed by atoms with Crippen molar-refractivity contribution in [2.45, 2.75) is 18.7 Å². The van der Waals surface area contributed by atoms with E-state index < -0.39 is 15.9 Å². The Labute approximate surface area is 198 Å². The molecular formula is C23H26ClN3O5S. The molecule has 1 saturated heterocycles. The van der Waals surface area contributed by atoms with E-state index in [-0.39, 0.29) is 10.7 Å². The van der Waals surface area contributed by atoms with Gasteiger partial charge in [-0.3, -0.25) is 4.79 Å². The van der Waals surface area contributed by atoms with Crippen molar-refractivity contribution < 1.29 is 22.4 Å². The van der Waals surface area contributed by atoms with Crippen LogP contribution in [-0.4, -0.2) is 58.0 Å². The summed E-state index contributed by atoms with van der Waals surface area (Å²) in [5, 5.41) is 4.10. The monoisotopic (exact) mass is 491 g/mol. The number of amides is 1. The van der Waals surface area contributed by atoms with Gasteiger partial charge in [-0.2, -0.15) is 4.31 Å². The van der Waals surface area contributed by atoms with Gasteiger partial charge in [0, 0.05) is 36.6 Å². The molecule has 2 aromatic carbocycles. The number of carbonyl (C=O) groups is 1. The molecule has 8 nitrogen and oxygen atoms in total. The van der Waals surface area contributed by atoms with Crippen LogP contribution >= 0.6 is 11.6 Å². The number of rotatable bonds is 7. The van der Waals surface area contributed by atoms with Crippen LogP contribution in [0.1, 0.15) is 24.4 Å². The topological polar surface area (TPSA) is 92.1 Å². The Bertz CT molecular complexity index is 1260. The van der Waals surface area contributed by atoms with Gasteiger partial charge in [-0.05, 0) is 56.3 Å². The number of hydrogen-bond donors (Lipinski definition) is 1. The summed E-state index contributed by atoms with van der Waals surface area (Å²) in [7, 11) is -3.72. The number of benzene rings is 2. The lowest BCUT2D eigenvalue weighted by atomic mass is 10.2. The van der Waals surface area contributed by atoms with E-state index in [0.29, 0.717) is 61.1 Å². The first-order chi connectivity index (χ1) is 15.8. The molecule has 1 N–H and O–H groups in total. The van der Waals surface area contributed by atoms with Crippen molar-refractivity contribution in [1.29, 1.82) is 0 Å². The summed E-state index contributed by atoms with van der Waals surface area (Å²) in [6, 6.07) is 11.5. The van der Waals surface area contributed by atoms with Gasteiger partial charge in [0.25, 0.3) is 5.91 Å². The lowest BCUT2D eigenvalue weighted by molar-refractivity contribution is 0.0730. The number of sulfonamides is 1. The fourth-order valence-electron chi connectivity index (χ4n) is 3.86. The van der Waals surface area contributed by atoms with E-state index in [1.54, 1.807) is 36.4 Å². The maximum atomic E-state index is 13.2. The van der Waals surface area contributed by atoms with Crippen LogP contribution in [-0.2, 0) is 14.8 Å². The molecule has 0 spiro atoms. The second kappa shape index (κ2) is 9.72. The molecule has 176 valence electrons. The van der Waals surface area contributed by atoms with Gasteiger partial charge < -0.3 is 19.4 Å². The molecule has 3 aromatic rings. The Balaban J connectivity index is 1.70. The highest BCUT2D eigenvalue weighted by atomic mass is 35.5. The van der Waals surface area contributed by atoms with Gasteiger partial charge in [-0.25, -0.2) is 8.42 Å². The quantitative estimate of drug-likeness (QED) is 0.532. The molecule has 33 heavy (non-hydrogen) atoms. The van der Waals surface area contributed by atoms with E-state index in [4.69, 9.17) is 20.8 Å². The number of anilines is 2. The fourth-order valence-corrected chi connectivity index (χ4v) is 5.48. The Kier molecular flexibility index (Phi) is 6.94. The highest BCUT2D eigenvalue weighted by Crippen LogP contribution is 2.31. The van der Waals surface area contributed by atoms with Crippen LogP contribution in [0, 0.1) is 0 Å². The molecule has 0 atom stereocenters. The van der Waals surface area contributed by atoms with Crippen LogP contribution in [0.5, 0.6) is 0 Å². The number of fused-ring (bicyclic) bond motifs is 1. The van der Waals surface area contributed by atoms with Gasteiger partial charge in [0.15, 0.2) is 5.76 Å². The largest absolute Gasteiger partial charge is 0.451 e. The smallest absolute Gasteiger partial charge is 0.291 e. The molecule has 0 unspecified atom stereocenters. The highest BCUT2D eigenvalue weighted by molar-refractivity contribution is 7.89. The minimum atomic E-state index is -3.72. The average Bonchev–Trinajstić information content (AvgIpc) is 3.24. The van der Waals surface area contributed by atoms with Crippen molar-refractivity contribution in [2.24, 2.45) is 0 Å². The molecule has 1 amide bonds. The highest BCUT2D eigenvalue weighted by Gasteiger charge is 2.28. The van der Waals surface area contributed by atoms with E-state index in [0.717, 1.165) is 5.69 Å². The zero-order valence-electron chi connectivity index (χ0n) is 18.5. The van der Waals surface area contributed by atoms with E-state index in [9.17, 15) is 13.2 Å². The van der Waals surface area contributed by atoms with Crippen LogP contribution in [0.3, 0.4) is 0 Å². The number of hydrogen-bond acceptors (Lipinski definition) is 6. The van der Waals surface area contributed by atoms with E-state index in [2.05, 4.69) is 5.32 Å². The van der Waals surface area contributed by atoms with Crippen LogP contribution in [0.2, 0.25) is 5.02 Å². The molecule has 2 heterocycles. The lowest BCUT2D eigenvalue weighted by Gasteiger charge is -2.28. The molecule has 1 aromatic heterocycles. The van der Waals surface area contributed by atoms with Crippen molar-refractivity contribution in [1.82, 2.24) is 4.31 Å². The summed E-state index contributed by atoms with van der Waals surface area (Å²) < 4.78 is 38.7. The van der Waals surface area contributed by atoms with Crippen molar-refractivity contribution in [3.63, 3.8) is 0 Å². The zero-order valence-corrected chi connectivity index (χ0v) is 20.1. The van der Waals surface area contributed by atoms with Gasteiger partial charge in [-0.1, -0.05) is 11.6 Å². The van der Waals surface area contributed by atoms with E-state index in [1.165, 1.54) is 10.4 Å². The van der Waals surface area contributed by atoms with Gasteiger partial charge >= 0.3 is 0 Å². The molecule has 0 aliphatic carbocycles. The maximum Gasteiger partial charge on any atom is 0.291 e. The second-order valence-electron chi connectivity index (χ2n) is 7.61. The predicted octanol–water partition coefficient (Wildman–Crippen LogP) is 4.21. The minimum absolute atomic E-state index is 0.110. The third-order valence-corrected chi connectivity index (χ3v) is 7.76. The summed E-state index contributed by atoms with van der Waals surface area (Å²) in [4.78, 5) is 15.2. The first-order valence-electron chi connectivity index (χ1n) is 10.8. The van der Waals surface area contributed by atoms with Crippen LogP contribution in [0.25, 0.3) is 11.0 Å². The van der Waals surface area contributed by atoms with Crippen LogP contribution in [0.15, 0.2) is 51.8 Å². The van der Waals surface area contributed by atoms with Gasteiger partial charge in [0.1, 0.15) is 5.58 Å². The molecule has 0 saturated carbocycles. The molecule has 0 radical (unpaired) electrons. The van der Waals surface area contributed by atoms with E-state index >= 15 is 0 Å². The first-order valence-corrected chi connectivity index (χ1v) is 12.6. The Morgan fingerprint density at radius 3 is 2.52 bits per heavy atom. The second-order valence-corrected chi connectivity index (χ2v) is 9.99. The minimum Gasteiger partial charge on any atom is -0.451 e. The number of halogens is 1. The molecule has 1 aliphatic heterocycles. The van der Waals surface area contributed by atoms with Crippen LogP contribution in [0.4, 0.5) is 11.4 Å². The molecular weight excluding hydrogens is 466 g/mol. The summed E-state index contributed by atoms with van der Waals surface area (Å²) in [6.07, 6.45) is 0. The maximum absolute atomic E-state index is 13.2. The molecule has 1 aliphatic rings. The number of nitrogens with one attached hydrogen (secondary N) is 1. The normalized spacial score (nSPS) is 15.0. The summed E-state index contributed by atoms with van der Waals surface area (Å²) >= 11 is 6.03. The van der Waals surface area contributed by atoms with Crippen molar-refractivity contribution >= 4 is 49.9 Å². The lowest BCUT2D eigenvalue weighted by Crippen LogP contribution is -2.40. The average molecular weight is 492 g/mol. The Hall–Kier alpha value is -2.59. The zero-order chi connectivity index (χ0) is 23.6. The van der Waals surface area contributed by atoms with Crippen molar-refractivity contribution in [3.8, 4) is 0 Å². The number of morpholine rings is 1. The standard InChI is InChI=1S/C23H26ClN3O5S/c1-3-26(4-2)20-7-6-18(33(29,30)27-9-11-31-12-10-27)15-19(20)25-23(28)22-14-16-13-17(24)5-8-21(16)32-22/h5-8,13-15H,3-4,9-12H2,1-2H3,(H,25,28). The number of nitrogens with zero attached hydrogens (tertiary/aromatic N) is 2. The van der Waals surface area contributed by atoms with Gasteiger partial charge in [0.2, 0.25) is 10.0 Å². The van der Waals surface area contributed by atoms with E-state index in [1.807, 2.05) is 18.7 Å². The fraction of sp³-hybridized carbons (Fsp3) is 0.348. The number of ether oxygens (including phenoxy) is 1. The van der Waals surface area contributed by atoms with Crippen molar-refractivity contribution in [3.05, 3.63) is 53.2 Å². The first kappa shape index (κ1) is 23.6. The third-order valence-electron chi connectivity index (χ3n) is 5.63. The Morgan fingerprint density at radius 1 is 1.09 bits per heavy atom. The molecule has 4 rings (SSSR count). The SMILES string of the molecule is CCN(CC)c1ccc(S(=O)(=O)N2CCOCC2)cc1NC(=O)c1cc2cc(Cl)ccc2o1. The third kappa shape index (κ3) is 4.86. The summed E-state index contributed by atoms with van der Waals surface area (Å²) in [6.45, 7) is 6.68. The molecule has 1 fully saturated rings. The predicted molar refractivity (Wildman–Crippen MR) is 129 cm³/mol. The van der Waals surface area contributed by atoms with Crippen LogP contribution < -0.4 is 10.2 Å². The molecule has 0 bridgehead atoms. The summed E-state index contributed by atoms with van der Waals surface area (Å²) in [5.41, 5.74) is 1.67. The molecule has 10 heteroatoms. The van der Waals surface area contributed by atoms with Gasteiger partial charge in [-0.15, -0.1) is 0 Å². The number of furan rings is 1. The number of carbonyl (C=O) groups excluding carboxylic acids is 1.